The van der Waals surface area contributed by atoms with E-state index < -0.39 is 0 Å². The Bertz CT molecular complexity index is 206. The molecule has 2 unspecified atom stereocenters. The van der Waals surface area contributed by atoms with Crippen LogP contribution in [0, 0.1) is 5.92 Å². The maximum absolute atomic E-state index is 11.4. The summed E-state index contributed by atoms with van der Waals surface area (Å²) < 4.78 is 5.64. The number of methoxy groups -OCH3 is 1. The van der Waals surface area contributed by atoms with Gasteiger partial charge in [-0.25, -0.2) is 0 Å². The standard InChI is InChI=1S/C9H17NO2S/c1-10(2)5-4-8(13)7(6-10)9(11)12-3/h7-8H,4-6H2,1-3H3/p+1. The predicted octanol–water partition coefficient (Wildman–Crippen LogP) is 0.554. The van der Waals surface area contributed by atoms with Crippen LogP contribution in [0.3, 0.4) is 0 Å². The molecule has 1 heterocycles. The van der Waals surface area contributed by atoms with Crippen LogP contribution in [0.15, 0.2) is 0 Å². The van der Waals surface area contributed by atoms with Gasteiger partial charge in [0, 0.05) is 11.7 Å². The van der Waals surface area contributed by atoms with Crippen LogP contribution in [0.1, 0.15) is 6.42 Å². The Morgan fingerprint density at radius 3 is 2.69 bits per heavy atom. The molecule has 1 saturated heterocycles. The molecule has 2 atom stereocenters. The fourth-order valence-electron chi connectivity index (χ4n) is 1.81. The fourth-order valence-corrected chi connectivity index (χ4v) is 2.14. The van der Waals surface area contributed by atoms with Crippen LogP contribution in [0.4, 0.5) is 0 Å². The minimum absolute atomic E-state index is 0.0444. The van der Waals surface area contributed by atoms with Gasteiger partial charge in [-0.15, -0.1) is 0 Å². The van der Waals surface area contributed by atoms with Crippen LogP contribution in [-0.4, -0.2) is 50.0 Å². The lowest BCUT2D eigenvalue weighted by Crippen LogP contribution is -2.53. The molecule has 3 nitrogen and oxygen atoms in total. The molecule has 0 aromatic heterocycles. The molecule has 0 radical (unpaired) electrons. The number of rotatable bonds is 1. The zero-order valence-corrected chi connectivity index (χ0v) is 9.38. The highest BCUT2D eigenvalue weighted by atomic mass is 32.1. The van der Waals surface area contributed by atoms with Crippen LogP contribution in [-0.2, 0) is 9.53 Å². The number of likely N-dealkylation sites (tertiary alicyclic amines) is 1. The van der Waals surface area contributed by atoms with Crippen LogP contribution in [0.5, 0.6) is 0 Å². The summed E-state index contributed by atoms with van der Waals surface area (Å²) in [5.41, 5.74) is 0. The number of hydrogen-bond acceptors (Lipinski definition) is 3. The topological polar surface area (TPSA) is 26.3 Å². The molecule has 0 amide bonds. The molecule has 0 aromatic carbocycles. The molecular weight excluding hydrogens is 186 g/mol. The molecule has 0 N–H and O–H groups in total. The van der Waals surface area contributed by atoms with Crippen molar-refractivity contribution in [1.29, 1.82) is 0 Å². The van der Waals surface area contributed by atoms with Crippen LogP contribution in [0.2, 0.25) is 0 Å². The number of thiol groups is 1. The zero-order valence-electron chi connectivity index (χ0n) is 8.49. The highest BCUT2D eigenvalue weighted by Crippen LogP contribution is 2.25. The molecular formula is C9H18NO2S+. The Morgan fingerprint density at radius 2 is 2.15 bits per heavy atom. The van der Waals surface area contributed by atoms with E-state index in [1.807, 2.05) is 0 Å². The van der Waals surface area contributed by atoms with Crippen molar-refractivity contribution < 1.29 is 14.0 Å². The Morgan fingerprint density at radius 1 is 1.54 bits per heavy atom. The smallest absolute Gasteiger partial charge is 0.315 e. The molecule has 0 bridgehead atoms. The minimum Gasteiger partial charge on any atom is -0.469 e. The van der Waals surface area contributed by atoms with Gasteiger partial charge >= 0.3 is 5.97 Å². The summed E-state index contributed by atoms with van der Waals surface area (Å²) in [6.07, 6.45) is 0.982. The number of carbonyl (C=O) groups excluding carboxylic acids is 1. The molecule has 13 heavy (non-hydrogen) atoms. The number of hydrogen-bond donors (Lipinski definition) is 1. The van der Waals surface area contributed by atoms with E-state index in [1.165, 1.54) is 7.11 Å². The monoisotopic (exact) mass is 204 g/mol. The average Bonchev–Trinajstić information content (AvgIpc) is 2.08. The summed E-state index contributed by atoms with van der Waals surface area (Å²) in [5.74, 6) is -0.164. The number of carbonyl (C=O) groups is 1. The van der Waals surface area contributed by atoms with Crippen molar-refractivity contribution in [3.63, 3.8) is 0 Å². The van der Waals surface area contributed by atoms with E-state index in [0.717, 1.165) is 24.0 Å². The first-order valence-electron chi connectivity index (χ1n) is 4.54. The van der Waals surface area contributed by atoms with Crippen molar-refractivity contribution in [2.24, 2.45) is 5.92 Å². The third-order valence-corrected chi connectivity index (χ3v) is 3.31. The van der Waals surface area contributed by atoms with Gasteiger partial charge in [-0.05, 0) is 0 Å². The number of esters is 1. The summed E-state index contributed by atoms with van der Waals surface area (Å²) >= 11 is 4.42. The van der Waals surface area contributed by atoms with Gasteiger partial charge in [-0.1, -0.05) is 0 Å². The lowest BCUT2D eigenvalue weighted by atomic mass is 9.96. The number of quaternary nitrogens is 1. The molecule has 4 heteroatoms. The molecule has 1 fully saturated rings. The molecule has 1 aliphatic rings. The second-order valence-corrected chi connectivity index (χ2v) is 4.99. The minimum atomic E-state index is -0.120. The fraction of sp³-hybridized carbons (Fsp3) is 0.889. The summed E-state index contributed by atoms with van der Waals surface area (Å²) in [5, 5.41) is 0.165. The van der Waals surface area contributed by atoms with E-state index in [2.05, 4.69) is 26.7 Å². The van der Waals surface area contributed by atoms with Crippen LogP contribution < -0.4 is 0 Å². The largest absolute Gasteiger partial charge is 0.469 e. The maximum Gasteiger partial charge on any atom is 0.315 e. The van der Waals surface area contributed by atoms with Gasteiger partial charge in [-0.3, -0.25) is 4.79 Å². The van der Waals surface area contributed by atoms with Crippen LogP contribution in [0.25, 0.3) is 0 Å². The second kappa shape index (κ2) is 3.88. The summed E-state index contributed by atoms with van der Waals surface area (Å²) in [6, 6.07) is 0. The Hall–Kier alpha value is -0.220. The van der Waals surface area contributed by atoms with Crippen molar-refractivity contribution >= 4 is 18.6 Å². The quantitative estimate of drug-likeness (QED) is 0.384. The molecule has 0 aliphatic carbocycles. The number of nitrogens with zero attached hydrogens (tertiary/aromatic N) is 1. The van der Waals surface area contributed by atoms with Crippen LogP contribution >= 0.6 is 12.6 Å². The van der Waals surface area contributed by atoms with Gasteiger partial charge in [0.1, 0.15) is 5.92 Å². The molecule has 0 aromatic rings. The lowest BCUT2D eigenvalue weighted by molar-refractivity contribution is -0.897. The van der Waals surface area contributed by atoms with Crippen molar-refractivity contribution in [2.75, 3.05) is 34.3 Å². The second-order valence-electron chi connectivity index (χ2n) is 4.33. The third-order valence-electron chi connectivity index (χ3n) is 2.69. The highest BCUT2D eigenvalue weighted by molar-refractivity contribution is 7.81. The predicted molar refractivity (Wildman–Crippen MR) is 54.7 cm³/mol. The van der Waals surface area contributed by atoms with Gasteiger partial charge in [0.25, 0.3) is 0 Å². The highest BCUT2D eigenvalue weighted by Gasteiger charge is 2.38. The molecule has 1 aliphatic heterocycles. The molecule has 0 spiro atoms. The van der Waals surface area contributed by atoms with Gasteiger partial charge in [-0.2, -0.15) is 12.6 Å². The molecule has 76 valence electrons. The molecule has 0 saturated carbocycles. The normalized spacial score (nSPS) is 32.6. The van der Waals surface area contributed by atoms with E-state index in [-0.39, 0.29) is 17.1 Å². The van der Waals surface area contributed by atoms with E-state index in [9.17, 15) is 4.79 Å². The summed E-state index contributed by atoms with van der Waals surface area (Å²) in [4.78, 5) is 11.4. The third kappa shape index (κ3) is 2.61. The van der Waals surface area contributed by atoms with E-state index in [0.29, 0.717) is 0 Å². The first kappa shape index (κ1) is 10.9. The van der Waals surface area contributed by atoms with Gasteiger partial charge in [0.2, 0.25) is 0 Å². The zero-order chi connectivity index (χ0) is 10.1. The molecule has 1 rings (SSSR count). The number of piperidine rings is 1. The Kier molecular flexibility index (Phi) is 3.24. The van der Waals surface area contributed by atoms with Crippen molar-refractivity contribution in [2.45, 2.75) is 11.7 Å². The van der Waals surface area contributed by atoms with Crippen molar-refractivity contribution in [1.82, 2.24) is 0 Å². The summed E-state index contributed by atoms with van der Waals surface area (Å²) in [7, 11) is 5.71. The van der Waals surface area contributed by atoms with E-state index in [1.54, 1.807) is 0 Å². The first-order valence-corrected chi connectivity index (χ1v) is 5.06. The Labute approximate surface area is 85.1 Å². The first-order chi connectivity index (χ1) is 5.96. The average molecular weight is 204 g/mol. The van der Waals surface area contributed by atoms with Crippen molar-refractivity contribution in [3.8, 4) is 0 Å². The number of ether oxygens (including phenoxy) is 1. The maximum atomic E-state index is 11.4. The van der Waals surface area contributed by atoms with Crippen molar-refractivity contribution in [3.05, 3.63) is 0 Å². The van der Waals surface area contributed by atoms with Gasteiger partial charge in [0.05, 0.1) is 34.3 Å². The van der Waals surface area contributed by atoms with E-state index in [4.69, 9.17) is 4.74 Å². The Balaban J connectivity index is 2.65. The van der Waals surface area contributed by atoms with Gasteiger partial charge in [0.15, 0.2) is 0 Å². The van der Waals surface area contributed by atoms with E-state index >= 15 is 0 Å². The SMILES string of the molecule is COC(=O)C1C[N+](C)(C)CCC1S. The lowest BCUT2D eigenvalue weighted by Gasteiger charge is -2.39. The van der Waals surface area contributed by atoms with Gasteiger partial charge < -0.3 is 9.22 Å². The summed E-state index contributed by atoms with van der Waals surface area (Å²) in [6.45, 7) is 1.92.